The number of pyridine rings is 1. The van der Waals surface area contributed by atoms with E-state index in [9.17, 15) is 4.79 Å². The molecular weight excluding hydrogens is 346 g/mol. The molecule has 132 valence electrons. The van der Waals surface area contributed by atoms with Crippen molar-refractivity contribution in [3.8, 4) is 0 Å². The number of aromatic nitrogens is 1. The van der Waals surface area contributed by atoms with Crippen LogP contribution in [0.1, 0.15) is 27.0 Å². The second-order valence-electron chi connectivity index (χ2n) is 6.11. The van der Waals surface area contributed by atoms with Gasteiger partial charge in [0.05, 0.1) is 11.3 Å². The molecule has 3 aromatic rings. The number of nitrogens with one attached hydrogen (secondary N) is 2. The number of rotatable bonds is 6. The Bertz CT molecular complexity index is 877. The van der Waals surface area contributed by atoms with E-state index < -0.39 is 0 Å². The minimum Gasteiger partial charge on any atom is -0.380 e. The Balaban J connectivity index is 1.58. The molecule has 1 amide bonds. The minimum absolute atomic E-state index is 0.145. The lowest BCUT2D eigenvalue weighted by Gasteiger charge is -2.09. The fourth-order valence-electron chi connectivity index (χ4n) is 2.46. The maximum atomic E-state index is 12.4. The highest BCUT2D eigenvalue weighted by molar-refractivity contribution is 6.30. The van der Waals surface area contributed by atoms with Gasteiger partial charge in [-0.15, -0.1) is 0 Å². The van der Waals surface area contributed by atoms with E-state index in [1.807, 2.05) is 55.5 Å². The molecular formula is C21H20ClN3O. The van der Waals surface area contributed by atoms with E-state index in [0.717, 1.165) is 16.8 Å². The van der Waals surface area contributed by atoms with Gasteiger partial charge < -0.3 is 10.6 Å². The number of aryl methyl sites for hydroxylation is 1. The molecule has 0 radical (unpaired) electrons. The Morgan fingerprint density at radius 2 is 1.62 bits per heavy atom. The third-order valence-electron chi connectivity index (χ3n) is 3.98. The number of anilines is 1. The van der Waals surface area contributed by atoms with Gasteiger partial charge in [-0.3, -0.25) is 9.78 Å². The first kappa shape index (κ1) is 18.0. The van der Waals surface area contributed by atoms with Crippen LogP contribution < -0.4 is 10.6 Å². The molecule has 3 rings (SSSR count). The molecule has 0 saturated heterocycles. The molecule has 0 aliphatic carbocycles. The summed E-state index contributed by atoms with van der Waals surface area (Å²) in [7, 11) is 0. The van der Waals surface area contributed by atoms with E-state index in [0.29, 0.717) is 23.7 Å². The van der Waals surface area contributed by atoms with Crippen LogP contribution in [0.4, 0.5) is 5.69 Å². The molecule has 1 aromatic heterocycles. The van der Waals surface area contributed by atoms with Crippen molar-refractivity contribution in [2.24, 2.45) is 0 Å². The van der Waals surface area contributed by atoms with E-state index in [1.54, 1.807) is 18.5 Å². The fraction of sp³-hybridized carbons (Fsp3) is 0.143. The molecule has 4 nitrogen and oxygen atoms in total. The zero-order chi connectivity index (χ0) is 18.4. The molecule has 0 aliphatic heterocycles. The molecule has 0 aliphatic rings. The average Bonchev–Trinajstić information content (AvgIpc) is 2.67. The highest BCUT2D eigenvalue weighted by Crippen LogP contribution is 2.13. The zero-order valence-corrected chi connectivity index (χ0v) is 15.3. The molecule has 0 spiro atoms. The number of halogens is 1. The minimum atomic E-state index is -0.145. The number of carbonyl (C=O) groups is 1. The Morgan fingerprint density at radius 3 is 2.35 bits per heavy atom. The van der Waals surface area contributed by atoms with E-state index in [4.69, 9.17) is 11.6 Å². The van der Waals surface area contributed by atoms with Gasteiger partial charge >= 0.3 is 0 Å². The third kappa shape index (κ3) is 5.07. The van der Waals surface area contributed by atoms with Crippen molar-refractivity contribution in [3.05, 3.63) is 94.3 Å². The van der Waals surface area contributed by atoms with Crippen molar-refractivity contribution in [1.29, 1.82) is 0 Å². The SMILES string of the molecule is Cc1ccc(CNC(=O)c2cncc(NCc3ccc(Cl)cc3)c2)cc1. The summed E-state index contributed by atoms with van der Waals surface area (Å²) in [6, 6.07) is 17.5. The molecule has 0 bridgehead atoms. The highest BCUT2D eigenvalue weighted by atomic mass is 35.5. The first-order valence-corrected chi connectivity index (χ1v) is 8.75. The largest absolute Gasteiger partial charge is 0.380 e. The van der Waals surface area contributed by atoms with E-state index in [2.05, 4.69) is 15.6 Å². The predicted octanol–water partition coefficient (Wildman–Crippen LogP) is 4.59. The first-order valence-electron chi connectivity index (χ1n) is 8.37. The van der Waals surface area contributed by atoms with Crippen molar-refractivity contribution in [3.63, 3.8) is 0 Å². The van der Waals surface area contributed by atoms with Crippen LogP contribution in [-0.2, 0) is 13.1 Å². The first-order chi connectivity index (χ1) is 12.6. The summed E-state index contributed by atoms with van der Waals surface area (Å²) in [5.74, 6) is -0.145. The van der Waals surface area contributed by atoms with E-state index >= 15 is 0 Å². The summed E-state index contributed by atoms with van der Waals surface area (Å²) in [6.45, 7) is 3.16. The molecule has 0 saturated carbocycles. The van der Waals surface area contributed by atoms with Crippen LogP contribution in [0.5, 0.6) is 0 Å². The number of carbonyl (C=O) groups excluding carboxylic acids is 1. The maximum Gasteiger partial charge on any atom is 0.253 e. The maximum absolute atomic E-state index is 12.4. The zero-order valence-electron chi connectivity index (χ0n) is 14.5. The van der Waals surface area contributed by atoms with Crippen molar-refractivity contribution >= 4 is 23.2 Å². The number of benzene rings is 2. The lowest BCUT2D eigenvalue weighted by molar-refractivity contribution is 0.0950. The van der Waals surface area contributed by atoms with Gasteiger partial charge in [0, 0.05) is 30.5 Å². The summed E-state index contributed by atoms with van der Waals surface area (Å²) in [4.78, 5) is 16.5. The van der Waals surface area contributed by atoms with Crippen LogP contribution in [0.25, 0.3) is 0 Å². The van der Waals surface area contributed by atoms with Gasteiger partial charge in [-0.2, -0.15) is 0 Å². The summed E-state index contributed by atoms with van der Waals surface area (Å²) >= 11 is 5.89. The van der Waals surface area contributed by atoms with Crippen LogP contribution in [-0.4, -0.2) is 10.9 Å². The average molecular weight is 366 g/mol. The lowest BCUT2D eigenvalue weighted by Crippen LogP contribution is -2.23. The summed E-state index contributed by atoms with van der Waals surface area (Å²) in [6.07, 6.45) is 3.27. The van der Waals surface area contributed by atoms with Crippen LogP contribution in [0.2, 0.25) is 5.02 Å². The van der Waals surface area contributed by atoms with Gasteiger partial charge in [0.15, 0.2) is 0 Å². The molecule has 2 N–H and O–H groups in total. The lowest BCUT2D eigenvalue weighted by atomic mass is 10.1. The van der Waals surface area contributed by atoms with Crippen LogP contribution in [0, 0.1) is 6.92 Å². The molecule has 0 fully saturated rings. The summed E-state index contributed by atoms with van der Waals surface area (Å²) in [5, 5.41) is 6.90. The van der Waals surface area contributed by atoms with Gasteiger partial charge in [-0.05, 0) is 36.2 Å². The molecule has 1 heterocycles. The van der Waals surface area contributed by atoms with Gasteiger partial charge in [-0.25, -0.2) is 0 Å². The fourth-order valence-corrected chi connectivity index (χ4v) is 2.58. The second kappa shape index (κ2) is 8.50. The molecule has 0 unspecified atom stereocenters. The predicted molar refractivity (Wildman–Crippen MR) is 105 cm³/mol. The van der Waals surface area contributed by atoms with Crippen LogP contribution >= 0.6 is 11.6 Å². The van der Waals surface area contributed by atoms with Gasteiger partial charge in [0.2, 0.25) is 0 Å². The Kier molecular flexibility index (Phi) is 5.87. The van der Waals surface area contributed by atoms with Crippen LogP contribution in [0.3, 0.4) is 0 Å². The molecule has 5 heteroatoms. The number of hydrogen-bond donors (Lipinski definition) is 2. The van der Waals surface area contributed by atoms with E-state index in [-0.39, 0.29) is 5.91 Å². The quantitative estimate of drug-likeness (QED) is 0.672. The van der Waals surface area contributed by atoms with Gasteiger partial charge in [0.1, 0.15) is 0 Å². The Morgan fingerprint density at radius 1 is 0.962 bits per heavy atom. The molecule has 2 aromatic carbocycles. The van der Waals surface area contributed by atoms with E-state index in [1.165, 1.54) is 5.56 Å². The van der Waals surface area contributed by atoms with Gasteiger partial charge in [0.25, 0.3) is 5.91 Å². The van der Waals surface area contributed by atoms with Crippen molar-refractivity contribution in [1.82, 2.24) is 10.3 Å². The molecule has 0 atom stereocenters. The van der Waals surface area contributed by atoms with Crippen LogP contribution in [0.15, 0.2) is 67.0 Å². The summed E-state index contributed by atoms with van der Waals surface area (Å²) < 4.78 is 0. The standard InChI is InChI=1S/C21H20ClN3O/c1-15-2-4-16(5-3-15)12-25-21(26)18-10-20(14-23-13-18)24-11-17-6-8-19(22)9-7-17/h2-10,13-14,24H,11-12H2,1H3,(H,25,26). The van der Waals surface area contributed by atoms with Crippen molar-refractivity contribution < 1.29 is 4.79 Å². The number of hydrogen-bond acceptors (Lipinski definition) is 3. The Labute approximate surface area is 158 Å². The number of nitrogens with zero attached hydrogens (tertiary/aromatic N) is 1. The normalized spacial score (nSPS) is 10.4. The monoisotopic (exact) mass is 365 g/mol. The molecule has 26 heavy (non-hydrogen) atoms. The van der Waals surface area contributed by atoms with Crippen molar-refractivity contribution in [2.75, 3.05) is 5.32 Å². The topological polar surface area (TPSA) is 54.0 Å². The van der Waals surface area contributed by atoms with Crippen molar-refractivity contribution in [2.45, 2.75) is 20.0 Å². The second-order valence-corrected chi connectivity index (χ2v) is 6.55. The smallest absolute Gasteiger partial charge is 0.253 e. The number of amides is 1. The summed E-state index contributed by atoms with van der Waals surface area (Å²) in [5.41, 5.74) is 4.68. The van der Waals surface area contributed by atoms with Gasteiger partial charge in [-0.1, -0.05) is 53.6 Å². The third-order valence-corrected chi connectivity index (χ3v) is 4.24. The Hall–Kier alpha value is -2.85. The highest BCUT2D eigenvalue weighted by Gasteiger charge is 2.07.